The third kappa shape index (κ3) is 3.17. The molecule has 0 unspecified atom stereocenters. The molecular formula is C15H14N4O2. The van der Waals surface area contributed by atoms with Crippen LogP contribution in [0.1, 0.15) is 10.4 Å². The average molecular weight is 282 g/mol. The van der Waals surface area contributed by atoms with Crippen molar-refractivity contribution >= 4 is 5.91 Å². The van der Waals surface area contributed by atoms with Gasteiger partial charge in [-0.05, 0) is 18.2 Å². The Hall–Kier alpha value is -2.89. The van der Waals surface area contributed by atoms with E-state index in [1.54, 1.807) is 29.2 Å². The summed E-state index contributed by atoms with van der Waals surface area (Å²) in [4.78, 5) is 15.9. The van der Waals surface area contributed by atoms with Crippen LogP contribution in [0.3, 0.4) is 0 Å². The summed E-state index contributed by atoms with van der Waals surface area (Å²) in [7, 11) is 0. The smallest absolute Gasteiger partial charge is 0.251 e. The molecule has 3 rings (SSSR count). The van der Waals surface area contributed by atoms with E-state index in [1.807, 2.05) is 24.4 Å². The van der Waals surface area contributed by atoms with Crippen molar-refractivity contribution < 1.29 is 9.21 Å². The maximum absolute atomic E-state index is 12.0. The van der Waals surface area contributed by atoms with Gasteiger partial charge in [0.25, 0.3) is 5.91 Å². The van der Waals surface area contributed by atoms with Gasteiger partial charge in [-0.25, -0.2) is 4.98 Å². The molecule has 106 valence electrons. The molecule has 0 aliphatic rings. The molecule has 1 amide bonds. The van der Waals surface area contributed by atoms with Gasteiger partial charge in [0, 0.05) is 30.1 Å². The van der Waals surface area contributed by atoms with Crippen molar-refractivity contribution in [2.24, 2.45) is 0 Å². The summed E-state index contributed by atoms with van der Waals surface area (Å²) >= 11 is 0. The molecule has 0 aliphatic carbocycles. The van der Waals surface area contributed by atoms with E-state index in [-0.39, 0.29) is 5.91 Å². The Morgan fingerprint density at radius 3 is 2.81 bits per heavy atom. The van der Waals surface area contributed by atoms with Gasteiger partial charge in [0.2, 0.25) is 0 Å². The zero-order valence-electron chi connectivity index (χ0n) is 11.3. The van der Waals surface area contributed by atoms with Crippen LogP contribution in [0, 0.1) is 0 Å². The first kappa shape index (κ1) is 13.1. The van der Waals surface area contributed by atoms with Crippen molar-refractivity contribution in [2.45, 2.75) is 6.54 Å². The average Bonchev–Trinajstić information content (AvgIpc) is 3.21. The molecule has 0 spiro atoms. The van der Waals surface area contributed by atoms with E-state index in [0.717, 1.165) is 5.56 Å². The minimum atomic E-state index is -0.105. The number of aromatic nitrogens is 3. The minimum absolute atomic E-state index is 0.105. The molecule has 6 nitrogen and oxygen atoms in total. The Kier molecular flexibility index (Phi) is 3.77. The van der Waals surface area contributed by atoms with Crippen molar-refractivity contribution in [1.29, 1.82) is 0 Å². The Labute approximate surface area is 121 Å². The standard InChI is InChI=1S/C15H14N4O2/c20-15(17-7-9-19-8-1-6-18-19)13-4-2-12(3-5-13)14-10-16-11-21-14/h1-6,8,10-11H,7,9H2,(H,17,20). The Balaban J connectivity index is 1.57. The fourth-order valence-electron chi connectivity index (χ4n) is 1.96. The highest BCUT2D eigenvalue weighted by atomic mass is 16.3. The zero-order valence-corrected chi connectivity index (χ0v) is 11.3. The van der Waals surface area contributed by atoms with E-state index in [4.69, 9.17) is 4.42 Å². The molecule has 1 N–H and O–H groups in total. The third-order valence-corrected chi connectivity index (χ3v) is 3.05. The van der Waals surface area contributed by atoms with Gasteiger partial charge in [-0.15, -0.1) is 0 Å². The lowest BCUT2D eigenvalue weighted by Crippen LogP contribution is -2.27. The van der Waals surface area contributed by atoms with Gasteiger partial charge < -0.3 is 9.73 Å². The highest BCUT2D eigenvalue weighted by molar-refractivity contribution is 5.94. The van der Waals surface area contributed by atoms with Crippen LogP contribution in [0.15, 0.2) is 59.7 Å². The molecule has 0 fully saturated rings. The van der Waals surface area contributed by atoms with E-state index >= 15 is 0 Å². The van der Waals surface area contributed by atoms with Crippen LogP contribution < -0.4 is 5.32 Å². The summed E-state index contributed by atoms with van der Waals surface area (Å²) < 4.78 is 6.98. The summed E-state index contributed by atoms with van der Waals surface area (Å²) in [5.41, 5.74) is 1.50. The van der Waals surface area contributed by atoms with Crippen LogP contribution >= 0.6 is 0 Å². The number of amides is 1. The summed E-state index contributed by atoms with van der Waals surface area (Å²) in [5.74, 6) is 0.576. The normalized spacial score (nSPS) is 10.5. The number of oxazole rings is 1. The number of carbonyl (C=O) groups excluding carboxylic acids is 1. The van der Waals surface area contributed by atoms with Crippen molar-refractivity contribution in [1.82, 2.24) is 20.1 Å². The molecule has 2 aromatic heterocycles. The van der Waals surface area contributed by atoms with Crippen LogP contribution in [0.5, 0.6) is 0 Å². The SMILES string of the molecule is O=C(NCCn1cccn1)c1ccc(-c2cnco2)cc1. The molecule has 0 radical (unpaired) electrons. The van der Waals surface area contributed by atoms with Crippen molar-refractivity contribution in [3.05, 3.63) is 60.9 Å². The first-order valence-electron chi connectivity index (χ1n) is 6.57. The lowest BCUT2D eigenvalue weighted by atomic mass is 10.1. The number of nitrogens with zero attached hydrogens (tertiary/aromatic N) is 3. The number of carbonyl (C=O) groups is 1. The lowest BCUT2D eigenvalue weighted by Gasteiger charge is -2.06. The summed E-state index contributed by atoms with van der Waals surface area (Å²) in [6.07, 6.45) is 6.59. The molecule has 2 heterocycles. The fraction of sp³-hybridized carbons (Fsp3) is 0.133. The second-order valence-electron chi connectivity index (χ2n) is 4.47. The Morgan fingerprint density at radius 2 is 2.14 bits per heavy atom. The molecule has 1 aromatic carbocycles. The van der Waals surface area contributed by atoms with Gasteiger partial charge in [0.05, 0.1) is 12.7 Å². The number of hydrogen-bond acceptors (Lipinski definition) is 4. The van der Waals surface area contributed by atoms with E-state index in [1.165, 1.54) is 6.39 Å². The first-order valence-corrected chi connectivity index (χ1v) is 6.57. The summed E-state index contributed by atoms with van der Waals surface area (Å²) in [6.45, 7) is 1.18. The monoisotopic (exact) mass is 282 g/mol. The largest absolute Gasteiger partial charge is 0.444 e. The van der Waals surface area contributed by atoms with E-state index in [2.05, 4.69) is 15.4 Å². The number of hydrogen-bond donors (Lipinski definition) is 1. The maximum atomic E-state index is 12.0. The lowest BCUT2D eigenvalue weighted by molar-refractivity contribution is 0.0952. The van der Waals surface area contributed by atoms with E-state index in [0.29, 0.717) is 24.4 Å². The Bertz CT molecular complexity index is 688. The van der Waals surface area contributed by atoms with Gasteiger partial charge in [0.1, 0.15) is 0 Å². The third-order valence-electron chi connectivity index (χ3n) is 3.05. The Morgan fingerprint density at radius 1 is 1.29 bits per heavy atom. The van der Waals surface area contributed by atoms with E-state index < -0.39 is 0 Å². The summed E-state index contributed by atoms with van der Waals surface area (Å²) in [6, 6.07) is 9.05. The van der Waals surface area contributed by atoms with Gasteiger partial charge in [-0.2, -0.15) is 5.10 Å². The van der Waals surface area contributed by atoms with Gasteiger partial charge in [0.15, 0.2) is 12.2 Å². The molecule has 3 aromatic rings. The number of nitrogens with one attached hydrogen (secondary N) is 1. The van der Waals surface area contributed by atoms with Crippen LogP contribution in [-0.4, -0.2) is 27.2 Å². The zero-order chi connectivity index (χ0) is 14.5. The van der Waals surface area contributed by atoms with Gasteiger partial charge in [-0.3, -0.25) is 9.48 Å². The molecule has 0 aliphatic heterocycles. The van der Waals surface area contributed by atoms with Crippen LogP contribution in [0.25, 0.3) is 11.3 Å². The fourth-order valence-corrected chi connectivity index (χ4v) is 1.96. The predicted molar refractivity (Wildman–Crippen MR) is 76.5 cm³/mol. The predicted octanol–water partition coefficient (Wildman–Crippen LogP) is 1.97. The highest BCUT2D eigenvalue weighted by Gasteiger charge is 2.06. The van der Waals surface area contributed by atoms with Crippen molar-refractivity contribution in [3.63, 3.8) is 0 Å². The molecule has 21 heavy (non-hydrogen) atoms. The van der Waals surface area contributed by atoms with Gasteiger partial charge in [-0.1, -0.05) is 12.1 Å². The number of rotatable bonds is 5. The maximum Gasteiger partial charge on any atom is 0.251 e. The van der Waals surface area contributed by atoms with Gasteiger partial charge >= 0.3 is 0 Å². The minimum Gasteiger partial charge on any atom is -0.444 e. The molecule has 0 saturated carbocycles. The summed E-state index contributed by atoms with van der Waals surface area (Å²) in [5, 5.41) is 6.93. The quantitative estimate of drug-likeness (QED) is 0.776. The molecule has 0 saturated heterocycles. The molecular weight excluding hydrogens is 268 g/mol. The number of benzene rings is 1. The molecule has 0 bridgehead atoms. The van der Waals surface area contributed by atoms with Crippen LogP contribution in [0.4, 0.5) is 0 Å². The van der Waals surface area contributed by atoms with Crippen LogP contribution in [0.2, 0.25) is 0 Å². The van der Waals surface area contributed by atoms with Crippen molar-refractivity contribution in [2.75, 3.05) is 6.54 Å². The van der Waals surface area contributed by atoms with Crippen molar-refractivity contribution in [3.8, 4) is 11.3 Å². The highest BCUT2D eigenvalue weighted by Crippen LogP contribution is 2.18. The van der Waals surface area contributed by atoms with Crippen LogP contribution in [-0.2, 0) is 6.54 Å². The molecule has 6 heteroatoms. The second kappa shape index (κ2) is 6.04. The topological polar surface area (TPSA) is 73.0 Å². The molecule has 0 atom stereocenters. The second-order valence-corrected chi connectivity index (χ2v) is 4.47. The first-order chi connectivity index (χ1) is 10.3. The van der Waals surface area contributed by atoms with E-state index in [9.17, 15) is 4.79 Å².